The summed E-state index contributed by atoms with van der Waals surface area (Å²) in [5.41, 5.74) is 1.36. The Hall–Kier alpha value is -1.43. The molecule has 0 aliphatic heterocycles. The lowest BCUT2D eigenvalue weighted by molar-refractivity contribution is -0.137. The van der Waals surface area contributed by atoms with Crippen LogP contribution in [0.5, 0.6) is 0 Å². The Kier molecular flexibility index (Phi) is 3.26. The van der Waals surface area contributed by atoms with E-state index in [0.29, 0.717) is 12.8 Å². The van der Waals surface area contributed by atoms with Crippen LogP contribution in [0.1, 0.15) is 42.6 Å². The van der Waals surface area contributed by atoms with Crippen molar-refractivity contribution < 1.29 is 9.90 Å². The summed E-state index contributed by atoms with van der Waals surface area (Å²) in [5, 5.41) is 17.1. The molecule has 1 N–H and O–H groups in total. The van der Waals surface area contributed by atoms with E-state index in [0.717, 1.165) is 29.5 Å². The van der Waals surface area contributed by atoms with E-state index < -0.39 is 5.97 Å². The highest BCUT2D eigenvalue weighted by atomic mass is 32.1. The first-order chi connectivity index (χ1) is 9.15. The minimum Gasteiger partial charge on any atom is -0.481 e. The number of rotatable bonds is 4. The topological polar surface area (TPSA) is 67.5 Å². The van der Waals surface area contributed by atoms with Gasteiger partial charge in [0.2, 0.25) is 4.96 Å². The maximum atomic E-state index is 10.6. The molecule has 0 radical (unpaired) electrons. The molecule has 0 saturated carbocycles. The molecule has 0 bridgehead atoms. The van der Waals surface area contributed by atoms with E-state index >= 15 is 0 Å². The van der Waals surface area contributed by atoms with Crippen molar-refractivity contribution in [3.05, 3.63) is 16.4 Å². The molecule has 0 fully saturated rings. The minimum absolute atomic E-state index is 0.193. The maximum absolute atomic E-state index is 10.6. The smallest absolute Gasteiger partial charge is 0.303 e. The van der Waals surface area contributed by atoms with E-state index in [2.05, 4.69) is 21.5 Å². The second kappa shape index (κ2) is 4.92. The number of hydrogen-bond donors (Lipinski definition) is 1. The van der Waals surface area contributed by atoms with Gasteiger partial charge in [-0.25, -0.2) is 0 Å². The number of hydrogen-bond acceptors (Lipinski definition) is 4. The molecule has 2 aromatic heterocycles. The molecule has 0 amide bonds. The Balaban J connectivity index is 1.87. The van der Waals surface area contributed by atoms with E-state index in [4.69, 9.17) is 5.11 Å². The van der Waals surface area contributed by atoms with Gasteiger partial charge in [-0.1, -0.05) is 18.3 Å². The first-order valence-electron chi connectivity index (χ1n) is 6.71. The van der Waals surface area contributed by atoms with Crippen LogP contribution in [-0.2, 0) is 24.1 Å². The van der Waals surface area contributed by atoms with Crippen molar-refractivity contribution in [1.82, 2.24) is 14.6 Å². The Morgan fingerprint density at radius 1 is 1.53 bits per heavy atom. The Morgan fingerprint density at radius 2 is 2.37 bits per heavy atom. The number of nitrogens with zero attached hydrogens (tertiary/aromatic N) is 3. The van der Waals surface area contributed by atoms with Crippen LogP contribution in [0, 0.1) is 5.92 Å². The van der Waals surface area contributed by atoms with Crippen LogP contribution in [0.3, 0.4) is 0 Å². The zero-order chi connectivity index (χ0) is 13.4. The molecule has 6 heteroatoms. The van der Waals surface area contributed by atoms with Crippen LogP contribution >= 0.6 is 11.3 Å². The largest absolute Gasteiger partial charge is 0.481 e. The van der Waals surface area contributed by atoms with Gasteiger partial charge < -0.3 is 5.11 Å². The van der Waals surface area contributed by atoms with Gasteiger partial charge in [0.15, 0.2) is 0 Å². The highest BCUT2D eigenvalue weighted by Gasteiger charge is 2.23. The molecular formula is C13H17N3O2S. The van der Waals surface area contributed by atoms with Crippen molar-refractivity contribution in [3.8, 4) is 0 Å². The number of carboxylic acid groups (broad SMARTS) is 1. The zero-order valence-electron chi connectivity index (χ0n) is 10.9. The number of aromatic nitrogens is 3. The summed E-state index contributed by atoms with van der Waals surface area (Å²) >= 11 is 1.74. The molecule has 1 unspecified atom stereocenters. The van der Waals surface area contributed by atoms with E-state index in [9.17, 15) is 4.79 Å². The monoisotopic (exact) mass is 279 g/mol. The second-order valence-corrected chi connectivity index (χ2v) is 6.36. The number of carbonyl (C=O) groups is 1. The molecule has 2 heterocycles. The van der Waals surface area contributed by atoms with Crippen molar-refractivity contribution >= 4 is 22.3 Å². The molecule has 0 aromatic carbocycles. The lowest BCUT2D eigenvalue weighted by Crippen LogP contribution is -2.12. The summed E-state index contributed by atoms with van der Waals surface area (Å²) in [7, 11) is 0. The highest BCUT2D eigenvalue weighted by Crippen LogP contribution is 2.32. The third-order valence-electron chi connectivity index (χ3n) is 3.71. The predicted molar refractivity (Wildman–Crippen MR) is 72.6 cm³/mol. The average molecular weight is 279 g/mol. The minimum atomic E-state index is -0.748. The number of carboxylic acids is 1. The van der Waals surface area contributed by atoms with E-state index in [1.54, 1.807) is 11.3 Å². The van der Waals surface area contributed by atoms with Crippen LogP contribution in [0.25, 0.3) is 4.96 Å². The quantitative estimate of drug-likeness (QED) is 0.932. The molecule has 0 spiro atoms. The third-order valence-corrected chi connectivity index (χ3v) is 4.80. The van der Waals surface area contributed by atoms with Crippen molar-refractivity contribution in [2.45, 2.75) is 45.4 Å². The third kappa shape index (κ3) is 2.36. The maximum Gasteiger partial charge on any atom is 0.303 e. The van der Waals surface area contributed by atoms with Crippen LogP contribution in [0.2, 0.25) is 0 Å². The predicted octanol–water partition coefficient (Wildman–Crippen LogP) is 2.32. The summed E-state index contributed by atoms with van der Waals surface area (Å²) in [6.07, 6.45) is 4.94. The van der Waals surface area contributed by atoms with Gasteiger partial charge in [0.05, 0.1) is 0 Å². The Labute approximate surface area is 115 Å². The molecular weight excluding hydrogens is 262 g/mol. The van der Waals surface area contributed by atoms with Gasteiger partial charge in [-0.3, -0.25) is 9.20 Å². The molecule has 3 rings (SSSR count). The number of aliphatic carboxylic acids is 1. The molecule has 1 aliphatic carbocycles. The standard InChI is InChI=1S/C13H17N3O2S/c1-8-5-6-9-10(7-8)19-13-15-14-11(16(9)13)3-2-4-12(17)18/h8H,2-7H2,1H3,(H,17,18). The molecule has 2 aromatic rings. The van der Waals surface area contributed by atoms with E-state index in [1.807, 2.05) is 0 Å². The molecule has 0 saturated heterocycles. The number of thiazole rings is 1. The summed E-state index contributed by atoms with van der Waals surface area (Å²) in [5.74, 6) is 0.921. The van der Waals surface area contributed by atoms with E-state index in [-0.39, 0.29) is 6.42 Å². The average Bonchev–Trinajstić information content (AvgIpc) is 2.87. The molecule has 5 nitrogen and oxygen atoms in total. The van der Waals surface area contributed by atoms with E-state index in [1.165, 1.54) is 17.0 Å². The Bertz CT molecular complexity index is 617. The van der Waals surface area contributed by atoms with Crippen molar-refractivity contribution in [2.24, 2.45) is 5.92 Å². The zero-order valence-corrected chi connectivity index (χ0v) is 11.7. The van der Waals surface area contributed by atoms with Crippen molar-refractivity contribution in [2.75, 3.05) is 0 Å². The fourth-order valence-electron chi connectivity index (χ4n) is 2.70. The Morgan fingerprint density at radius 3 is 3.16 bits per heavy atom. The van der Waals surface area contributed by atoms with Crippen LogP contribution in [0.4, 0.5) is 0 Å². The molecule has 1 aliphatic rings. The SMILES string of the molecule is CC1CCc2c(sc3nnc(CCCC(=O)O)n23)C1. The molecule has 1 atom stereocenters. The fourth-order valence-corrected chi connectivity index (χ4v) is 3.99. The molecule has 19 heavy (non-hydrogen) atoms. The number of fused-ring (bicyclic) bond motifs is 3. The molecule has 102 valence electrons. The summed E-state index contributed by atoms with van der Waals surface area (Å²) < 4.78 is 2.16. The van der Waals surface area contributed by atoms with Crippen LogP contribution < -0.4 is 0 Å². The first-order valence-corrected chi connectivity index (χ1v) is 7.53. The van der Waals surface area contributed by atoms with Gasteiger partial charge in [-0.15, -0.1) is 10.2 Å². The van der Waals surface area contributed by atoms with Gasteiger partial charge >= 0.3 is 5.97 Å². The van der Waals surface area contributed by atoms with Gasteiger partial charge in [0.1, 0.15) is 5.82 Å². The summed E-state index contributed by atoms with van der Waals surface area (Å²) in [6, 6.07) is 0. The first kappa shape index (κ1) is 12.6. The highest BCUT2D eigenvalue weighted by molar-refractivity contribution is 7.17. The lowest BCUT2D eigenvalue weighted by atomic mass is 9.93. The van der Waals surface area contributed by atoms with Gasteiger partial charge in [-0.2, -0.15) is 0 Å². The fraction of sp³-hybridized carbons (Fsp3) is 0.615. The summed E-state index contributed by atoms with van der Waals surface area (Å²) in [6.45, 7) is 2.29. The van der Waals surface area contributed by atoms with Crippen molar-refractivity contribution in [1.29, 1.82) is 0 Å². The van der Waals surface area contributed by atoms with Gasteiger partial charge in [0, 0.05) is 23.4 Å². The summed E-state index contributed by atoms with van der Waals surface area (Å²) in [4.78, 5) is 13.0. The van der Waals surface area contributed by atoms with Crippen molar-refractivity contribution in [3.63, 3.8) is 0 Å². The van der Waals surface area contributed by atoms with Gasteiger partial charge in [-0.05, 0) is 31.6 Å². The second-order valence-electron chi connectivity index (χ2n) is 5.30. The number of aryl methyl sites for hydroxylation is 2. The van der Waals surface area contributed by atoms with Gasteiger partial charge in [0.25, 0.3) is 0 Å². The normalized spacial score (nSPS) is 18.7. The van der Waals surface area contributed by atoms with Crippen LogP contribution in [0.15, 0.2) is 0 Å². The van der Waals surface area contributed by atoms with Crippen LogP contribution in [-0.4, -0.2) is 25.7 Å². The lowest BCUT2D eigenvalue weighted by Gasteiger charge is -2.17.